The maximum atomic E-state index is 12.5. The van der Waals surface area contributed by atoms with Gasteiger partial charge in [0, 0.05) is 15.0 Å². The molecule has 3 aromatic rings. The molecule has 1 N–H and O–H groups in total. The number of hydrazine groups is 1. The summed E-state index contributed by atoms with van der Waals surface area (Å²) in [6.45, 7) is 0. The number of nitrogens with zero attached hydrogens (tertiary/aromatic N) is 1. The van der Waals surface area contributed by atoms with Crippen LogP contribution >= 0.6 is 31.9 Å². The minimum Gasteiger partial charge on any atom is -0.268 e. The van der Waals surface area contributed by atoms with E-state index in [9.17, 15) is 4.79 Å². The Hall–Kier alpha value is -2.37. The molecular weight excluding hydrogens is 456 g/mol. The summed E-state index contributed by atoms with van der Waals surface area (Å²) in [5.74, 6) is -0.222. The second-order valence-electron chi connectivity index (χ2n) is 5.46. The fourth-order valence-electron chi connectivity index (χ4n) is 2.40. The van der Waals surface area contributed by atoms with Crippen molar-refractivity contribution in [2.45, 2.75) is 0 Å². The maximum Gasteiger partial charge on any atom is 0.262 e. The number of rotatable bonds is 5. The largest absolute Gasteiger partial charge is 0.268 e. The van der Waals surface area contributed by atoms with Gasteiger partial charge in [-0.1, -0.05) is 54.6 Å². The molecule has 1 amide bonds. The lowest BCUT2D eigenvalue weighted by Crippen LogP contribution is -2.38. The van der Waals surface area contributed by atoms with Crippen molar-refractivity contribution in [3.63, 3.8) is 0 Å². The topological polar surface area (TPSA) is 32.3 Å². The number of carbonyl (C=O) groups is 1. The van der Waals surface area contributed by atoms with Crippen molar-refractivity contribution in [2.75, 3.05) is 5.01 Å². The summed E-state index contributed by atoms with van der Waals surface area (Å²) in [5, 5.41) is 1.76. The van der Waals surface area contributed by atoms with E-state index in [0.717, 1.165) is 25.9 Å². The van der Waals surface area contributed by atoms with E-state index in [1.165, 1.54) is 6.08 Å². The van der Waals surface area contributed by atoms with Crippen LogP contribution in [-0.4, -0.2) is 5.91 Å². The van der Waals surface area contributed by atoms with Crippen LogP contribution in [0.1, 0.15) is 5.56 Å². The van der Waals surface area contributed by atoms with Crippen molar-refractivity contribution in [3.8, 4) is 0 Å². The summed E-state index contributed by atoms with van der Waals surface area (Å²) in [6, 6.07) is 25.2. The molecular formula is C21H16Br2N2O. The van der Waals surface area contributed by atoms with Gasteiger partial charge in [-0.2, -0.15) is 0 Å². The number of nitrogens with one attached hydrogen (secondary N) is 1. The van der Waals surface area contributed by atoms with E-state index in [1.807, 2.05) is 78.9 Å². The van der Waals surface area contributed by atoms with Crippen LogP contribution in [-0.2, 0) is 4.79 Å². The van der Waals surface area contributed by atoms with Crippen LogP contribution in [0.5, 0.6) is 0 Å². The number of para-hydroxylation sites is 2. The molecule has 0 saturated heterocycles. The quantitative estimate of drug-likeness (QED) is 0.360. The number of benzene rings is 3. The van der Waals surface area contributed by atoms with Crippen LogP contribution in [0.25, 0.3) is 6.08 Å². The Kier molecular flexibility index (Phi) is 6.26. The van der Waals surface area contributed by atoms with Gasteiger partial charge in [-0.25, -0.2) is 0 Å². The van der Waals surface area contributed by atoms with Crippen LogP contribution < -0.4 is 10.4 Å². The molecule has 0 bridgehead atoms. The van der Waals surface area contributed by atoms with E-state index >= 15 is 0 Å². The van der Waals surface area contributed by atoms with Crippen LogP contribution in [0.15, 0.2) is 93.9 Å². The van der Waals surface area contributed by atoms with Gasteiger partial charge in [-0.3, -0.25) is 15.2 Å². The van der Waals surface area contributed by atoms with Gasteiger partial charge in [0.15, 0.2) is 0 Å². The Bertz CT molecular complexity index is 881. The van der Waals surface area contributed by atoms with Gasteiger partial charge in [-0.05, 0) is 67.8 Å². The highest BCUT2D eigenvalue weighted by Crippen LogP contribution is 2.34. The van der Waals surface area contributed by atoms with Crippen LogP contribution in [0.4, 0.5) is 11.4 Å². The van der Waals surface area contributed by atoms with Crippen molar-refractivity contribution in [1.29, 1.82) is 0 Å². The van der Waals surface area contributed by atoms with Crippen molar-refractivity contribution in [3.05, 3.63) is 99.4 Å². The summed E-state index contributed by atoms with van der Waals surface area (Å²) < 4.78 is 1.76. The zero-order chi connectivity index (χ0) is 18.4. The third-order valence-corrected chi connectivity index (χ3v) is 4.98. The summed E-state index contributed by atoms with van der Waals surface area (Å²) in [7, 11) is 0. The Morgan fingerprint density at radius 3 is 1.81 bits per heavy atom. The van der Waals surface area contributed by atoms with Crippen molar-refractivity contribution in [1.82, 2.24) is 5.43 Å². The molecule has 5 heteroatoms. The Balaban J connectivity index is 1.89. The molecule has 0 unspecified atom stereocenters. The van der Waals surface area contributed by atoms with Gasteiger partial charge in [-0.15, -0.1) is 0 Å². The van der Waals surface area contributed by atoms with E-state index in [0.29, 0.717) is 0 Å². The number of hydrogen-bond donors (Lipinski definition) is 1. The molecule has 3 nitrogen and oxygen atoms in total. The van der Waals surface area contributed by atoms with Gasteiger partial charge >= 0.3 is 0 Å². The van der Waals surface area contributed by atoms with Crippen molar-refractivity contribution >= 4 is 55.2 Å². The number of anilines is 2. The van der Waals surface area contributed by atoms with Crippen molar-refractivity contribution in [2.24, 2.45) is 0 Å². The van der Waals surface area contributed by atoms with E-state index in [-0.39, 0.29) is 5.91 Å². The van der Waals surface area contributed by atoms with E-state index in [2.05, 4.69) is 37.3 Å². The molecule has 3 rings (SSSR count). The smallest absolute Gasteiger partial charge is 0.262 e. The normalized spacial score (nSPS) is 10.7. The summed E-state index contributed by atoms with van der Waals surface area (Å²) in [6.07, 6.45) is 3.31. The first-order chi connectivity index (χ1) is 12.6. The first-order valence-electron chi connectivity index (χ1n) is 7.98. The second kappa shape index (κ2) is 8.83. The molecule has 130 valence electrons. The SMILES string of the molecule is O=C(C=Cc1ccccc1)NN(c1ccccc1Br)c1ccccc1Br. The first kappa shape index (κ1) is 18.4. The summed E-state index contributed by atoms with van der Waals surface area (Å²) in [5.41, 5.74) is 5.59. The Morgan fingerprint density at radius 1 is 0.769 bits per heavy atom. The highest BCUT2D eigenvalue weighted by atomic mass is 79.9. The van der Waals surface area contributed by atoms with Gasteiger partial charge in [0.2, 0.25) is 0 Å². The van der Waals surface area contributed by atoms with E-state index in [4.69, 9.17) is 0 Å². The monoisotopic (exact) mass is 470 g/mol. The summed E-state index contributed by atoms with van der Waals surface area (Å²) in [4.78, 5) is 12.5. The second-order valence-corrected chi connectivity index (χ2v) is 7.17. The van der Waals surface area contributed by atoms with Crippen LogP contribution in [0, 0.1) is 0 Å². The minimum absolute atomic E-state index is 0.222. The third-order valence-electron chi connectivity index (χ3n) is 3.64. The zero-order valence-corrected chi connectivity index (χ0v) is 16.9. The van der Waals surface area contributed by atoms with Gasteiger partial charge in [0.05, 0.1) is 11.4 Å². The molecule has 0 aliphatic carbocycles. The fraction of sp³-hybridized carbons (Fsp3) is 0. The van der Waals surface area contributed by atoms with Gasteiger partial charge in [0.25, 0.3) is 5.91 Å². The zero-order valence-electron chi connectivity index (χ0n) is 13.8. The molecule has 0 radical (unpaired) electrons. The van der Waals surface area contributed by atoms with Gasteiger partial charge < -0.3 is 0 Å². The fourth-order valence-corrected chi connectivity index (χ4v) is 3.32. The molecule has 0 heterocycles. The van der Waals surface area contributed by atoms with Crippen molar-refractivity contribution < 1.29 is 4.79 Å². The first-order valence-corrected chi connectivity index (χ1v) is 9.56. The van der Waals surface area contributed by atoms with E-state index < -0.39 is 0 Å². The predicted molar refractivity (Wildman–Crippen MR) is 114 cm³/mol. The highest BCUT2D eigenvalue weighted by molar-refractivity contribution is 9.11. The molecule has 0 atom stereocenters. The average Bonchev–Trinajstić information content (AvgIpc) is 2.67. The Labute approximate surface area is 169 Å². The average molecular weight is 472 g/mol. The van der Waals surface area contributed by atoms with Gasteiger partial charge in [0.1, 0.15) is 0 Å². The Morgan fingerprint density at radius 2 is 1.27 bits per heavy atom. The predicted octanol–water partition coefficient (Wildman–Crippen LogP) is 6.09. The lowest BCUT2D eigenvalue weighted by Gasteiger charge is -2.26. The highest BCUT2D eigenvalue weighted by Gasteiger charge is 2.16. The molecule has 0 fully saturated rings. The number of carbonyl (C=O) groups excluding carboxylic acids is 1. The number of halogens is 2. The third kappa shape index (κ3) is 4.62. The number of amides is 1. The molecule has 0 spiro atoms. The molecule has 0 aliphatic heterocycles. The lowest BCUT2D eigenvalue weighted by molar-refractivity contribution is -0.116. The summed E-state index contributed by atoms with van der Waals surface area (Å²) >= 11 is 7.12. The van der Waals surface area contributed by atoms with E-state index in [1.54, 1.807) is 11.1 Å². The minimum atomic E-state index is -0.222. The molecule has 0 saturated carbocycles. The maximum absolute atomic E-state index is 12.5. The molecule has 26 heavy (non-hydrogen) atoms. The molecule has 0 aliphatic rings. The molecule has 0 aromatic heterocycles. The molecule has 3 aromatic carbocycles. The lowest BCUT2D eigenvalue weighted by atomic mass is 10.2. The van der Waals surface area contributed by atoms with Crippen LogP contribution in [0.2, 0.25) is 0 Å². The number of hydrogen-bond acceptors (Lipinski definition) is 2. The van der Waals surface area contributed by atoms with Crippen LogP contribution in [0.3, 0.4) is 0 Å². The standard InChI is InChI=1S/C21H16Br2N2O/c22-17-10-4-6-12-19(17)25(20-13-7-5-11-18(20)23)24-21(26)15-14-16-8-2-1-3-9-16/h1-15H,(H,24,26).